The summed E-state index contributed by atoms with van der Waals surface area (Å²) in [5.41, 5.74) is 1.09. The van der Waals surface area contributed by atoms with E-state index < -0.39 is 26.6 Å². The largest absolute Gasteiger partial charge is 0.243 e. The van der Waals surface area contributed by atoms with E-state index in [0.29, 0.717) is 18.9 Å². The van der Waals surface area contributed by atoms with Crippen molar-refractivity contribution < 1.29 is 17.2 Å². The Morgan fingerprint density at radius 3 is 2.43 bits per heavy atom. The van der Waals surface area contributed by atoms with Crippen LogP contribution in [-0.4, -0.2) is 15.0 Å². The molecule has 2 aromatic rings. The number of halogens is 2. The van der Waals surface area contributed by atoms with Crippen molar-refractivity contribution in [1.82, 2.24) is 4.72 Å². The molecule has 0 amide bonds. The zero-order valence-corrected chi connectivity index (χ0v) is 12.0. The fraction of sp³-hybridized carbons (Fsp3) is 0.200. The zero-order valence-electron chi connectivity index (χ0n) is 11.2. The van der Waals surface area contributed by atoms with E-state index in [1.807, 2.05) is 30.3 Å². The summed E-state index contributed by atoms with van der Waals surface area (Å²) in [4.78, 5) is -0.665. The molecular formula is C15H15F2NO2S. The molecule has 0 heterocycles. The van der Waals surface area contributed by atoms with Crippen LogP contribution in [0.25, 0.3) is 0 Å². The van der Waals surface area contributed by atoms with Crippen LogP contribution >= 0.6 is 0 Å². The summed E-state index contributed by atoms with van der Waals surface area (Å²) in [5, 5.41) is 0. The Hall–Kier alpha value is -1.79. The maximum absolute atomic E-state index is 13.5. The second kappa shape index (κ2) is 6.78. The Morgan fingerprint density at radius 1 is 1.00 bits per heavy atom. The SMILES string of the molecule is O=S(=O)(NCCCc1ccccc1)c1cc(F)ccc1F. The summed E-state index contributed by atoms with van der Waals surface area (Å²) in [5.74, 6) is -1.76. The summed E-state index contributed by atoms with van der Waals surface area (Å²) in [7, 11) is -4.03. The predicted molar refractivity (Wildman–Crippen MR) is 76.3 cm³/mol. The number of hydrogen-bond donors (Lipinski definition) is 1. The van der Waals surface area contributed by atoms with Gasteiger partial charge in [-0.1, -0.05) is 30.3 Å². The Balaban J connectivity index is 1.94. The van der Waals surface area contributed by atoms with E-state index in [0.717, 1.165) is 17.7 Å². The number of nitrogens with one attached hydrogen (secondary N) is 1. The highest BCUT2D eigenvalue weighted by molar-refractivity contribution is 7.89. The normalized spacial score (nSPS) is 11.5. The van der Waals surface area contributed by atoms with Gasteiger partial charge in [-0.05, 0) is 36.6 Å². The lowest BCUT2D eigenvalue weighted by Gasteiger charge is -2.08. The molecule has 3 nitrogen and oxygen atoms in total. The smallest absolute Gasteiger partial charge is 0.211 e. The Morgan fingerprint density at radius 2 is 1.71 bits per heavy atom. The van der Waals surface area contributed by atoms with Crippen molar-refractivity contribution in [2.75, 3.05) is 6.54 Å². The first kappa shape index (κ1) is 15.6. The third-order valence-corrected chi connectivity index (χ3v) is 4.44. The van der Waals surface area contributed by atoms with Crippen molar-refractivity contribution in [2.24, 2.45) is 0 Å². The van der Waals surface area contributed by atoms with Crippen LogP contribution in [0, 0.1) is 11.6 Å². The fourth-order valence-corrected chi connectivity index (χ4v) is 3.07. The molecule has 2 rings (SSSR count). The van der Waals surface area contributed by atoms with E-state index in [-0.39, 0.29) is 6.54 Å². The minimum Gasteiger partial charge on any atom is -0.211 e. The number of aryl methyl sites for hydroxylation is 1. The summed E-state index contributed by atoms with van der Waals surface area (Å²) in [6.45, 7) is 0.160. The van der Waals surface area contributed by atoms with Gasteiger partial charge in [-0.25, -0.2) is 21.9 Å². The van der Waals surface area contributed by atoms with Gasteiger partial charge in [-0.3, -0.25) is 0 Å². The molecule has 2 aromatic carbocycles. The average molecular weight is 311 g/mol. The van der Waals surface area contributed by atoms with Crippen LogP contribution in [0.4, 0.5) is 8.78 Å². The third kappa shape index (κ3) is 4.34. The predicted octanol–water partition coefficient (Wildman–Crippen LogP) is 2.88. The molecule has 0 atom stereocenters. The highest BCUT2D eigenvalue weighted by atomic mass is 32.2. The minimum atomic E-state index is -4.03. The Bertz CT molecular complexity index is 703. The summed E-state index contributed by atoms with van der Waals surface area (Å²) >= 11 is 0. The molecular weight excluding hydrogens is 296 g/mol. The zero-order chi connectivity index (χ0) is 15.3. The summed E-state index contributed by atoms with van der Waals surface area (Å²) in [6, 6.07) is 12.0. The summed E-state index contributed by atoms with van der Waals surface area (Å²) in [6.07, 6.45) is 1.27. The topological polar surface area (TPSA) is 46.2 Å². The van der Waals surface area contributed by atoms with Crippen molar-refractivity contribution in [3.8, 4) is 0 Å². The molecule has 0 aliphatic rings. The first-order chi connectivity index (χ1) is 9.99. The molecule has 0 saturated carbocycles. The van der Waals surface area contributed by atoms with Crippen LogP contribution in [0.5, 0.6) is 0 Å². The van der Waals surface area contributed by atoms with Gasteiger partial charge in [-0.2, -0.15) is 0 Å². The molecule has 0 unspecified atom stereocenters. The molecule has 21 heavy (non-hydrogen) atoms. The van der Waals surface area contributed by atoms with Crippen LogP contribution in [0.2, 0.25) is 0 Å². The van der Waals surface area contributed by atoms with Crippen LogP contribution in [-0.2, 0) is 16.4 Å². The van der Waals surface area contributed by atoms with Gasteiger partial charge < -0.3 is 0 Å². The molecule has 0 fully saturated rings. The average Bonchev–Trinajstić information content (AvgIpc) is 2.47. The number of benzene rings is 2. The molecule has 6 heteroatoms. The quantitative estimate of drug-likeness (QED) is 0.834. The molecule has 0 aromatic heterocycles. The van der Waals surface area contributed by atoms with Gasteiger partial charge in [0.2, 0.25) is 10.0 Å². The second-order valence-corrected chi connectivity index (χ2v) is 6.30. The molecule has 0 radical (unpaired) electrons. The Kier molecular flexibility index (Phi) is 5.03. The van der Waals surface area contributed by atoms with E-state index in [2.05, 4.69) is 4.72 Å². The lowest BCUT2D eigenvalue weighted by molar-refractivity contribution is 0.544. The van der Waals surface area contributed by atoms with E-state index in [1.54, 1.807) is 0 Å². The standard InChI is InChI=1S/C15H15F2NO2S/c16-13-8-9-14(17)15(11-13)21(19,20)18-10-4-7-12-5-2-1-3-6-12/h1-3,5-6,8-9,11,18H,4,7,10H2. The van der Waals surface area contributed by atoms with Crippen LogP contribution in [0.15, 0.2) is 53.4 Å². The molecule has 112 valence electrons. The summed E-state index contributed by atoms with van der Waals surface area (Å²) < 4.78 is 52.6. The van der Waals surface area contributed by atoms with Crippen LogP contribution < -0.4 is 4.72 Å². The van der Waals surface area contributed by atoms with E-state index in [1.165, 1.54) is 0 Å². The van der Waals surface area contributed by atoms with Crippen molar-refractivity contribution >= 4 is 10.0 Å². The molecule has 0 saturated heterocycles. The highest BCUT2D eigenvalue weighted by Crippen LogP contribution is 2.15. The van der Waals surface area contributed by atoms with E-state index >= 15 is 0 Å². The first-order valence-corrected chi connectivity index (χ1v) is 7.96. The minimum absolute atomic E-state index is 0.160. The molecule has 0 spiro atoms. The fourth-order valence-electron chi connectivity index (χ4n) is 1.90. The highest BCUT2D eigenvalue weighted by Gasteiger charge is 2.19. The third-order valence-electron chi connectivity index (χ3n) is 2.96. The van der Waals surface area contributed by atoms with Gasteiger partial charge in [0.05, 0.1) is 0 Å². The molecule has 0 aliphatic carbocycles. The van der Waals surface area contributed by atoms with E-state index in [9.17, 15) is 17.2 Å². The van der Waals surface area contributed by atoms with Crippen molar-refractivity contribution in [3.05, 3.63) is 65.7 Å². The number of sulfonamides is 1. The van der Waals surface area contributed by atoms with Gasteiger partial charge in [0.15, 0.2) is 0 Å². The number of hydrogen-bond acceptors (Lipinski definition) is 2. The monoisotopic (exact) mass is 311 g/mol. The van der Waals surface area contributed by atoms with Crippen molar-refractivity contribution in [3.63, 3.8) is 0 Å². The lowest BCUT2D eigenvalue weighted by Crippen LogP contribution is -2.26. The van der Waals surface area contributed by atoms with Gasteiger partial charge in [0.25, 0.3) is 0 Å². The van der Waals surface area contributed by atoms with E-state index in [4.69, 9.17) is 0 Å². The van der Waals surface area contributed by atoms with Crippen molar-refractivity contribution in [1.29, 1.82) is 0 Å². The van der Waals surface area contributed by atoms with Gasteiger partial charge >= 0.3 is 0 Å². The van der Waals surface area contributed by atoms with Gasteiger partial charge in [0, 0.05) is 6.54 Å². The maximum Gasteiger partial charge on any atom is 0.243 e. The van der Waals surface area contributed by atoms with Crippen molar-refractivity contribution in [2.45, 2.75) is 17.7 Å². The van der Waals surface area contributed by atoms with Gasteiger partial charge in [0.1, 0.15) is 16.5 Å². The molecule has 1 N–H and O–H groups in total. The number of rotatable bonds is 6. The Labute approximate surface area is 122 Å². The molecule has 0 aliphatic heterocycles. The van der Waals surface area contributed by atoms with Crippen LogP contribution in [0.3, 0.4) is 0 Å². The second-order valence-electron chi connectivity index (χ2n) is 4.56. The lowest BCUT2D eigenvalue weighted by atomic mass is 10.1. The van der Waals surface area contributed by atoms with Crippen LogP contribution in [0.1, 0.15) is 12.0 Å². The first-order valence-electron chi connectivity index (χ1n) is 6.48. The van der Waals surface area contributed by atoms with Gasteiger partial charge in [-0.15, -0.1) is 0 Å². The maximum atomic E-state index is 13.5. The molecule has 0 bridgehead atoms.